The van der Waals surface area contributed by atoms with E-state index in [1.54, 1.807) is 13.2 Å². The zero-order chi connectivity index (χ0) is 14.8. The van der Waals surface area contributed by atoms with Gasteiger partial charge in [-0.15, -0.1) is 0 Å². The van der Waals surface area contributed by atoms with Crippen LogP contribution in [0.2, 0.25) is 0 Å². The molecule has 1 heterocycles. The smallest absolute Gasteiger partial charge is 0.287 e. The minimum Gasteiger partial charge on any atom is -0.493 e. The lowest BCUT2D eigenvalue weighted by molar-refractivity contribution is 0.0884. The van der Waals surface area contributed by atoms with E-state index < -0.39 is 0 Å². The lowest BCUT2D eigenvalue weighted by Gasteiger charge is -2.29. The fourth-order valence-corrected chi connectivity index (χ4v) is 3.08. The van der Waals surface area contributed by atoms with E-state index in [2.05, 4.69) is 12.2 Å². The van der Waals surface area contributed by atoms with E-state index in [-0.39, 0.29) is 11.9 Å². The van der Waals surface area contributed by atoms with Crippen molar-refractivity contribution in [3.8, 4) is 5.75 Å². The molecule has 4 nitrogen and oxygen atoms in total. The highest BCUT2D eigenvalue weighted by atomic mass is 16.5. The third-order valence-corrected chi connectivity index (χ3v) is 4.38. The number of hydrogen-bond acceptors (Lipinski definition) is 3. The minimum absolute atomic E-state index is 0.132. The van der Waals surface area contributed by atoms with Crippen molar-refractivity contribution in [1.29, 1.82) is 0 Å². The summed E-state index contributed by atoms with van der Waals surface area (Å²) in [5.74, 6) is 1.40. The van der Waals surface area contributed by atoms with Gasteiger partial charge in [0.25, 0.3) is 5.91 Å². The molecule has 112 valence electrons. The molecule has 1 fully saturated rings. The Balaban J connectivity index is 1.81. The van der Waals surface area contributed by atoms with Gasteiger partial charge in [-0.3, -0.25) is 4.79 Å². The molecule has 1 aliphatic carbocycles. The molecule has 1 aliphatic rings. The molecule has 1 aromatic heterocycles. The molecule has 3 rings (SSSR count). The first-order valence-electron chi connectivity index (χ1n) is 7.56. The van der Waals surface area contributed by atoms with Gasteiger partial charge in [0, 0.05) is 11.4 Å². The zero-order valence-electron chi connectivity index (χ0n) is 12.5. The molecule has 0 bridgehead atoms. The Kier molecular flexibility index (Phi) is 3.86. The van der Waals surface area contributed by atoms with Gasteiger partial charge >= 0.3 is 0 Å². The topological polar surface area (TPSA) is 51.5 Å². The second-order valence-corrected chi connectivity index (χ2v) is 5.83. The third kappa shape index (κ3) is 2.75. The summed E-state index contributed by atoms with van der Waals surface area (Å²) in [5.41, 5.74) is 0.627. The largest absolute Gasteiger partial charge is 0.493 e. The minimum atomic E-state index is -0.132. The number of methoxy groups -OCH3 is 1. The Morgan fingerprint density at radius 3 is 2.90 bits per heavy atom. The second-order valence-electron chi connectivity index (χ2n) is 5.83. The number of carbonyl (C=O) groups excluding carboxylic acids is 1. The van der Waals surface area contributed by atoms with Gasteiger partial charge in [-0.2, -0.15) is 0 Å². The average Bonchev–Trinajstić information content (AvgIpc) is 2.93. The molecule has 0 aliphatic heterocycles. The highest BCUT2D eigenvalue weighted by Gasteiger charge is 2.24. The molecule has 1 aromatic carbocycles. The molecule has 1 amide bonds. The maximum absolute atomic E-state index is 12.4. The monoisotopic (exact) mass is 287 g/mol. The van der Waals surface area contributed by atoms with Crippen molar-refractivity contribution in [2.45, 2.75) is 38.6 Å². The summed E-state index contributed by atoms with van der Waals surface area (Å²) in [6.07, 6.45) is 4.67. The van der Waals surface area contributed by atoms with Crippen molar-refractivity contribution >= 4 is 16.9 Å². The standard InChI is InChI=1S/C17H21NO3/c1-11-6-3-4-8-13(11)18-17(19)15-10-12-7-5-9-14(20-2)16(12)21-15/h5,7,9-11,13H,3-4,6,8H2,1-2H3,(H,18,19). The fraction of sp³-hybridized carbons (Fsp3) is 0.471. The molecule has 21 heavy (non-hydrogen) atoms. The Morgan fingerprint density at radius 1 is 1.33 bits per heavy atom. The summed E-state index contributed by atoms with van der Waals surface area (Å²) in [6.45, 7) is 2.20. The molecule has 0 radical (unpaired) electrons. The second kappa shape index (κ2) is 5.80. The van der Waals surface area contributed by atoms with Gasteiger partial charge in [0.15, 0.2) is 17.1 Å². The molecule has 1 saturated carbocycles. The van der Waals surface area contributed by atoms with Gasteiger partial charge in [-0.1, -0.05) is 31.9 Å². The molecule has 0 spiro atoms. The molecule has 0 saturated heterocycles. The number of nitrogens with one attached hydrogen (secondary N) is 1. The number of carbonyl (C=O) groups is 1. The molecular formula is C17H21NO3. The van der Waals surface area contributed by atoms with Crippen LogP contribution in [0.3, 0.4) is 0 Å². The van der Waals surface area contributed by atoms with Crippen molar-refractivity contribution < 1.29 is 13.9 Å². The van der Waals surface area contributed by atoms with E-state index in [0.29, 0.717) is 23.0 Å². The summed E-state index contributed by atoms with van der Waals surface area (Å²) < 4.78 is 11.0. The first-order chi connectivity index (χ1) is 10.2. The number of ether oxygens (including phenoxy) is 1. The number of para-hydroxylation sites is 1. The van der Waals surface area contributed by atoms with Crippen LogP contribution in [0.4, 0.5) is 0 Å². The Hall–Kier alpha value is -1.97. The molecular weight excluding hydrogens is 266 g/mol. The van der Waals surface area contributed by atoms with E-state index in [9.17, 15) is 4.79 Å². The number of amides is 1. The summed E-state index contributed by atoms with van der Waals surface area (Å²) in [5, 5.41) is 4.00. The van der Waals surface area contributed by atoms with Crippen molar-refractivity contribution in [2.24, 2.45) is 5.92 Å². The molecule has 2 atom stereocenters. The van der Waals surface area contributed by atoms with Gasteiger partial charge in [0.05, 0.1) is 7.11 Å². The number of fused-ring (bicyclic) bond motifs is 1. The predicted octanol–water partition coefficient (Wildman–Crippen LogP) is 3.75. The molecule has 1 N–H and O–H groups in total. The summed E-state index contributed by atoms with van der Waals surface area (Å²) in [4.78, 5) is 12.4. The Morgan fingerprint density at radius 2 is 2.14 bits per heavy atom. The van der Waals surface area contributed by atoms with Crippen molar-refractivity contribution in [1.82, 2.24) is 5.32 Å². The van der Waals surface area contributed by atoms with Crippen molar-refractivity contribution in [2.75, 3.05) is 7.11 Å². The summed E-state index contributed by atoms with van der Waals surface area (Å²) >= 11 is 0. The highest BCUT2D eigenvalue weighted by Crippen LogP contribution is 2.29. The predicted molar refractivity (Wildman–Crippen MR) is 81.7 cm³/mol. The van der Waals surface area contributed by atoms with Gasteiger partial charge in [0.2, 0.25) is 0 Å². The van der Waals surface area contributed by atoms with Crippen molar-refractivity contribution in [3.05, 3.63) is 30.0 Å². The molecule has 2 aromatic rings. The SMILES string of the molecule is COc1cccc2cc(C(=O)NC3CCCCC3C)oc12. The third-order valence-electron chi connectivity index (χ3n) is 4.38. The first kappa shape index (κ1) is 14.0. The normalized spacial score (nSPS) is 22.2. The van der Waals surface area contributed by atoms with Gasteiger partial charge in [-0.05, 0) is 30.9 Å². The van der Waals surface area contributed by atoms with E-state index in [1.165, 1.54) is 19.3 Å². The number of hydrogen-bond donors (Lipinski definition) is 1. The van der Waals surface area contributed by atoms with Gasteiger partial charge in [-0.25, -0.2) is 0 Å². The summed E-state index contributed by atoms with van der Waals surface area (Å²) in [7, 11) is 1.60. The van der Waals surface area contributed by atoms with Crippen LogP contribution >= 0.6 is 0 Å². The maximum atomic E-state index is 12.4. The van der Waals surface area contributed by atoms with E-state index in [0.717, 1.165) is 11.8 Å². The van der Waals surface area contributed by atoms with E-state index >= 15 is 0 Å². The Bertz CT molecular complexity index is 647. The fourth-order valence-electron chi connectivity index (χ4n) is 3.08. The quantitative estimate of drug-likeness (QED) is 0.935. The van der Waals surface area contributed by atoms with Crippen LogP contribution in [0, 0.1) is 5.92 Å². The summed E-state index contributed by atoms with van der Waals surface area (Å²) in [6, 6.07) is 7.67. The number of benzene rings is 1. The molecule has 4 heteroatoms. The average molecular weight is 287 g/mol. The highest BCUT2D eigenvalue weighted by molar-refractivity contribution is 5.97. The molecule has 2 unspecified atom stereocenters. The van der Waals surface area contributed by atoms with Crippen LogP contribution in [0.1, 0.15) is 43.2 Å². The number of rotatable bonds is 3. The van der Waals surface area contributed by atoms with E-state index in [4.69, 9.17) is 9.15 Å². The maximum Gasteiger partial charge on any atom is 0.287 e. The van der Waals surface area contributed by atoms with Gasteiger partial charge in [0.1, 0.15) is 0 Å². The van der Waals surface area contributed by atoms with Crippen LogP contribution < -0.4 is 10.1 Å². The van der Waals surface area contributed by atoms with Crippen LogP contribution in [-0.2, 0) is 0 Å². The van der Waals surface area contributed by atoms with Crippen molar-refractivity contribution in [3.63, 3.8) is 0 Å². The Labute approximate surface area is 124 Å². The lowest BCUT2D eigenvalue weighted by atomic mass is 9.86. The van der Waals surface area contributed by atoms with Crippen LogP contribution in [0.5, 0.6) is 5.75 Å². The zero-order valence-corrected chi connectivity index (χ0v) is 12.5. The van der Waals surface area contributed by atoms with Crippen LogP contribution in [0.25, 0.3) is 11.0 Å². The van der Waals surface area contributed by atoms with E-state index in [1.807, 2.05) is 18.2 Å². The van der Waals surface area contributed by atoms with Crippen LogP contribution in [0.15, 0.2) is 28.7 Å². The number of furan rings is 1. The van der Waals surface area contributed by atoms with Gasteiger partial charge < -0.3 is 14.5 Å². The lowest BCUT2D eigenvalue weighted by Crippen LogP contribution is -2.40. The van der Waals surface area contributed by atoms with Crippen LogP contribution in [-0.4, -0.2) is 19.1 Å². The first-order valence-corrected chi connectivity index (χ1v) is 7.56.